The molecule has 0 bridgehead atoms. The van der Waals surface area contributed by atoms with Crippen molar-refractivity contribution in [1.82, 2.24) is 4.98 Å². The highest BCUT2D eigenvalue weighted by atomic mass is 35.5. The molecule has 0 aromatic carbocycles. The Balaban J connectivity index is 2.14. The summed E-state index contributed by atoms with van der Waals surface area (Å²) in [6.45, 7) is 10.1. The van der Waals surface area contributed by atoms with Crippen molar-refractivity contribution in [1.29, 1.82) is 5.41 Å². The number of nitrogens with zero attached hydrogens (tertiary/aromatic N) is 2. The monoisotopic (exact) mass is 477 g/mol. The molecule has 5 heteroatoms. The van der Waals surface area contributed by atoms with E-state index in [0.717, 1.165) is 56.5 Å². The summed E-state index contributed by atoms with van der Waals surface area (Å²) in [4.78, 5) is 10.2. The molecule has 3 nitrogen and oxygen atoms in total. The van der Waals surface area contributed by atoms with E-state index in [4.69, 9.17) is 34.6 Å². The van der Waals surface area contributed by atoms with E-state index in [1.165, 1.54) is 0 Å². The second-order valence-electron chi connectivity index (χ2n) is 8.89. The van der Waals surface area contributed by atoms with Crippen molar-refractivity contribution in [2.75, 3.05) is 0 Å². The zero-order valence-corrected chi connectivity index (χ0v) is 21.6. The van der Waals surface area contributed by atoms with Crippen LogP contribution in [-0.4, -0.2) is 16.4 Å². The predicted octanol–water partition coefficient (Wildman–Crippen LogP) is 7.90. The maximum atomic E-state index is 7.96. The summed E-state index contributed by atoms with van der Waals surface area (Å²) in [6.07, 6.45) is 18.0. The number of hydrogen-bond acceptors (Lipinski definition) is 4. The molecule has 1 aliphatic carbocycles. The second kappa shape index (κ2) is 10.7. The number of rotatable bonds is 6. The number of halogens is 1. The lowest BCUT2D eigenvalue weighted by Gasteiger charge is -2.32. The van der Waals surface area contributed by atoms with Gasteiger partial charge in [0.15, 0.2) is 0 Å². The van der Waals surface area contributed by atoms with Crippen LogP contribution < -0.4 is 0 Å². The molecule has 2 atom stereocenters. The number of hydrogen-bond donors (Lipinski definition) is 2. The molecular weight excluding hydrogens is 446 g/mol. The van der Waals surface area contributed by atoms with Gasteiger partial charge in [-0.25, -0.2) is 0 Å². The Bertz CT molecular complexity index is 1150. The minimum absolute atomic E-state index is 0.197. The van der Waals surface area contributed by atoms with Gasteiger partial charge in [0.25, 0.3) is 0 Å². The average Bonchev–Trinajstić information content (AvgIpc) is 2.77. The Hall–Kier alpha value is -2.43. The van der Waals surface area contributed by atoms with E-state index in [0.29, 0.717) is 5.71 Å². The molecule has 3 rings (SSSR count). The summed E-state index contributed by atoms with van der Waals surface area (Å²) < 4.78 is 0. The summed E-state index contributed by atoms with van der Waals surface area (Å²) in [5.41, 5.74) is 6.18. The number of aryl methyl sites for hydroxylation is 1. The van der Waals surface area contributed by atoms with E-state index < -0.39 is 0 Å². The molecule has 1 aromatic rings. The third-order valence-corrected chi connectivity index (χ3v) is 6.95. The van der Waals surface area contributed by atoms with E-state index >= 15 is 0 Å². The van der Waals surface area contributed by atoms with Crippen LogP contribution in [0.25, 0.3) is 0 Å². The summed E-state index contributed by atoms with van der Waals surface area (Å²) >= 11 is 11.8. The van der Waals surface area contributed by atoms with E-state index in [-0.39, 0.29) is 11.3 Å². The first-order valence-corrected chi connectivity index (χ1v) is 12.1. The van der Waals surface area contributed by atoms with Crippen molar-refractivity contribution < 1.29 is 0 Å². The third kappa shape index (κ3) is 5.74. The van der Waals surface area contributed by atoms with Crippen LogP contribution in [0, 0.1) is 10.8 Å². The van der Waals surface area contributed by atoms with Gasteiger partial charge >= 0.3 is 0 Å². The van der Waals surface area contributed by atoms with Gasteiger partial charge in [0.2, 0.25) is 0 Å². The summed E-state index contributed by atoms with van der Waals surface area (Å²) in [5, 5.41) is 8.69. The maximum absolute atomic E-state index is 7.96. The highest BCUT2D eigenvalue weighted by Crippen LogP contribution is 2.43. The number of aliphatic imine (C=N–C) groups is 1. The van der Waals surface area contributed by atoms with Gasteiger partial charge in [-0.2, -0.15) is 0 Å². The van der Waals surface area contributed by atoms with Gasteiger partial charge < -0.3 is 5.41 Å². The molecule has 0 spiro atoms. The summed E-state index contributed by atoms with van der Waals surface area (Å²) in [5.74, 6) is -0.197. The van der Waals surface area contributed by atoms with Crippen molar-refractivity contribution in [2.24, 2.45) is 10.4 Å². The largest absolute Gasteiger partial charge is 0.306 e. The number of nitrogens with one attached hydrogen (secondary N) is 1. The molecule has 172 valence electrons. The van der Waals surface area contributed by atoms with Crippen LogP contribution in [-0.2, 0) is 6.42 Å². The number of pyridine rings is 1. The van der Waals surface area contributed by atoms with Crippen LogP contribution >= 0.6 is 24.2 Å². The van der Waals surface area contributed by atoms with Crippen molar-refractivity contribution in [3.8, 4) is 0 Å². The van der Waals surface area contributed by atoms with Crippen molar-refractivity contribution in [2.45, 2.75) is 53.4 Å². The SMILES string of the molecule is CCc1ccc(C(/C(S)=C/C(C)=N)C2=C/N=C(C)\C(C3(C)C=CC=CC3)=C(Cl)/C(C)=C\2)cn1. The van der Waals surface area contributed by atoms with E-state index in [1.54, 1.807) is 13.0 Å². The van der Waals surface area contributed by atoms with Crippen LogP contribution in [0.4, 0.5) is 0 Å². The topological polar surface area (TPSA) is 49.1 Å². The van der Waals surface area contributed by atoms with Crippen LogP contribution in [0.2, 0.25) is 0 Å². The smallest absolute Gasteiger partial charge is 0.0494 e. The third-order valence-electron chi connectivity index (χ3n) is 6.08. The van der Waals surface area contributed by atoms with Crippen LogP contribution in [0.15, 0.2) is 92.6 Å². The second-order valence-corrected chi connectivity index (χ2v) is 9.78. The minimum Gasteiger partial charge on any atom is -0.306 e. The lowest BCUT2D eigenvalue weighted by Crippen LogP contribution is -2.24. The van der Waals surface area contributed by atoms with Crippen molar-refractivity contribution >= 4 is 35.7 Å². The minimum atomic E-state index is -0.203. The zero-order chi connectivity index (χ0) is 24.2. The lowest BCUT2D eigenvalue weighted by molar-refractivity contribution is 0.535. The first kappa shape index (κ1) is 25.2. The van der Waals surface area contributed by atoms with Gasteiger partial charge in [0, 0.05) is 51.5 Å². The van der Waals surface area contributed by atoms with Gasteiger partial charge in [0.1, 0.15) is 0 Å². The summed E-state index contributed by atoms with van der Waals surface area (Å²) in [7, 11) is 0. The van der Waals surface area contributed by atoms with E-state index in [9.17, 15) is 0 Å². The van der Waals surface area contributed by atoms with E-state index in [2.05, 4.69) is 55.3 Å². The molecule has 33 heavy (non-hydrogen) atoms. The van der Waals surface area contributed by atoms with Gasteiger partial charge in [-0.3, -0.25) is 9.98 Å². The molecule has 0 saturated carbocycles. The van der Waals surface area contributed by atoms with Gasteiger partial charge in [-0.15, -0.1) is 12.6 Å². The Morgan fingerprint density at radius 3 is 2.64 bits per heavy atom. The maximum Gasteiger partial charge on any atom is 0.0494 e. The number of aromatic nitrogens is 1. The summed E-state index contributed by atoms with van der Waals surface area (Å²) in [6, 6.07) is 4.13. The Morgan fingerprint density at radius 1 is 1.30 bits per heavy atom. The molecule has 0 saturated heterocycles. The average molecular weight is 478 g/mol. The fourth-order valence-electron chi connectivity index (χ4n) is 4.33. The molecule has 0 radical (unpaired) electrons. The fraction of sp³-hybridized carbons (Fsp3) is 0.321. The van der Waals surface area contributed by atoms with Crippen LogP contribution in [0.1, 0.15) is 58.2 Å². The van der Waals surface area contributed by atoms with Crippen LogP contribution in [0.5, 0.6) is 0 Å². The molecule has 1 aromatic heterocycles. The van der Waals surface area contributed by atoms with Gasteiger partial charge in [-0.05, 0) is 67.4 Å². The Morgan fingerprint density at radius 2 is 2.06 bits per heavy atom. The Kier molecular flexibility index (Phi) is 8.14. The first-order chi connectivity index (χ1) is 15.7. The normalized spacial score (nSPS) is 29.2. The molecule has 2 heterocycles. The molecule has 1 aliphatic heterocycles. The predicted molar refractivity (Wildman–Crippen MR) is 146 cm³/mol. The van der Waals surface area contributed by atoms with Crippen molar-refractivity contribution in [3.63, 3.8) is 0 Å². The number of allylic oxidation sites excluding steroid dienone is 11. The molecule has 2 unspecified atom stereocenters. The molecule has 1 N–H and O–H groups in total. The van der Waals surface area contributed by atoms with Crippen LogP contribution in [0.3, 0.4) is 0 Å². The number of thiol groups is 1. The van der Waals surface area contributed by atoms with E-state index in [1.807, 2.05) is 32.3 Å². The molecule has 0 amide bonds. The standard InChI is InChI=1S/C28H32ClN3S/c1-6-23-11-10-21(16-32-23)25(24(33)15-19(3)30)22-14-18(2)27(29)26(20(4)31-17-22)28(5)12-8-7-9-13-28/h7-12,14-17,25,30,33H,6,13H2,1-5H3/b18-14-,22-14?,22-17+,24-15-,26-20?,27-18?,27-26-,30-19?,31-17?,31-20-. The highest BCUT2D eigenvalue weighted by molar-refractivity contribution is 7.84. The van der Waals surface area contributed by atoms with Gasteiger partial charge in [-0.1, -0.05) is 61.9 Å². The molecule has 0 fully saturated rings. The molecule has 2 aliphatic rings. The quantitative estimate of drug-likeness (QED) is 0.317. The highest BCUT2D eigenvalue weighted by Gasteiger charge is 2.32. The van der Waals surface area contributed by atoms with Gasteiger partial charge in [0.05, 0.1) is 0 Å². The first-order valence-electron chi connectivity index (χ1n) is 11.2. The van der Waals surface area contributed by atoms with Crippen molar-refractivity contribution in [3.05, 3.63) is 98.9 Å². The Labute approximate surface area is 208 Å². The zero-order valence-electron chi connectivity index (χ0n) is 20.0. The molecular formula is C28H32ClN3S. The fourth-order valence-corrected chi connectivity index (χ4v) is 5.23. The lowest BCUT2D eigenvalue weighted by atomic mass is 9.74.